The molecule has 4 nitrogen and oxygen atoms in total. The van der Waals surface area contributed by atoms with Gasteiger partial charge in [-0.05, 0) is 12.8 Å². The van der Waals surface area contributed by atoms with Crippen LogP contribution in [0.15, 0.2) is 12.7 Å². The third kappa shape index (κ3) is 12.6. The van der Waals surface area contributed by atoms with Crippen LogP contribution in [-0.2, 0) is 19.1 Å². The quantitative estimate of drug-likeness (QED) is 0.336. The summed E-state index contributed by atoms with van der Waals surface area (Å²) in [6.07, 6.45) is 7.35. The average Bonchev–Trinajstić information content (AvgIpc) is 2.30. The smallest absolute Gasteiger partial charge is 0.330 e. The highest BCUT2D eigenvalue weighted by atomic mass is 16.5. The van der Waals surface area contributed by atoms with Gasteiger partial charge in [0.2, 0.25) is 0 Å². The zero-order valence-corrected chi connectivity index (χ0v) is 10.6. The van der Waals surface area contributed by atoms with E-state index >= 15 is 0 Å². The maximum absolute atomic E-state index is 10.7. The Labute approximate surface area is 103 Å². The van der Waals surface area contributed by atoms with Crippen molar-refractivity contribution in [1.82, 2.24) is 0 Å². The van der Waals surface area contributed by atoms with Gasteiger partial charge in [-0.3, -0.25) is 4.79 Å². The van der Waals surface area contributed by atoms with Crippen molar-refractivity contribution in [2.75, 3.05) is 13.2 Å². The number of hydrogen-bond acceptors (Lipinski definition) is 4. The average molecular weight is 242 g/mol. The van der Waals surface area contributed by atoms with E-state index in [9.17, 15) is 9.59 Å². The number of carbonyl (C=O) groups is 2. The second kappa shape index (κ2) is 11.2. The van der Waals surface area contributed by atoms with E-state index in [4.69, 9.17) is 9.47 Å². The van der Waals surface area contributed by atoms with E-state index in [0.29, 0.717) is 13.2 Å². The maximum atomic E-state index is 10.7. The molecule has 0 saturated carbocycles. The summed E-state index contributed by atoms with van der Waals surface area (Å²) >= 11 is 0. The van der Waals surface area contributed by atoms with E-state index in [2.05, 4.69) is 6.58 Å². The Kier molecular flexibility index (Phi) is 10.3. The molecule has 0 bridgehead atoms. The fourth-order valence-corrected chi connectivity index (χ4v) is 1.36. The van der Waals surface area contributed by atoms with Gasteiger partial charge in [0.05, 0.1) is 13.2 Å². The van der Waals surface area contributed by atoms with Gasteiger partial charge >= 0.3 is 11.9 Å². The highest BCUT2D eigenvalue weighted by Gasteiger charge is 1.96. The molecule has 0 aromatic heterocycles. The number of rotatable bonds is 10. The first-order chi connectivity index (χ1) is 8.16. The number of hydrogen-bond donors (Lipinski definition) is 0. The summed E-state index contributed by atoms with van der Waals surface area (Å²) in [6, 6.07) is 0. The van der Waals surface area contributed by atoms with Gasteiger partial charge in [-0.1, -0.05) is 32.3 Å². The van der Waals surface area contributed by atoms with Crippen LogP contribution in [0, 0.1) is 0 Å². The molecule has 0 heterocycles. The van der Waals surface area contributed by atoms with Crippen molar-refractivity contribution in [2.45, 2.75) is 45.4 Å². The minimum Gasteiger partial charge on any atom is -0.466 e. The van der Waals surface area contributed by atoms with Crippen LogP contribution in [0.25, 0.3) is 0 Å². The molecule has 0 aliphatic carbocycles. The van der Waals surface area contributed by atoms with Crippen molar-refractivity contribution in [1.29, 1.82) is 0 Å². The minimum atomic E-state index is -0.355. The number of unbranched alkanes of at least 4 members (excludes halogenated alkanes) is 5. The fraction of sp³-hybridized carbons (Fsp3) is 0.692. The Morgan fingerprint density at radius 1 is 0.941 bits per heavy atom. The van der Waals surface area contributed by atoms with E-state index in [0.717, 1.165) is 38.5 Å². The summed E-state index contributed by atoms with van der Waals surface area (Å²) in [5.41, 5.74) is 0. The SMILES string of the molecule is C=CC(=O)OCCCCCCCCOC(C)=O. The summed E-state index contributed by atoms with van der Waals surface area (Å²) in [7, 11) is 0. The van der Waals surface area contributed by atoms with Crippen molar-refractivity contribution >= 4 is 11.9 Å². The minimum absolute atomic E-state index is 0.214. The molecular formula is C13H22O4. The molecule has 0 N–H and O–H groups in total. The molecule has 0 aromatic rings. The predicted molar refractivity (Wildman–Crippen MR) is 65.5 cm³/mol. The van der Waals surface area contributed by atoms with Gasteiger partial charge in [0, 0.05) is 13.0 Å². The summed E-state index contributed by atoms with van der Waals surface area (Å²) < 4.78 is 9.67. The highest BCUT2D eigenvalue weighted by molar-refractivity contribution is 5.81. The van der Waals surface area contributed by atoms with E-state index in [1.165, 1.54) is 13.0 Å². The molecule has 0 amide bonds. The van der Waals surface area contributed by atoms with Gasteiger partial charge in [0.25, 0.3) is 0 Å². The lowest BCUT2D eigenvalue weighted by Gasteiger charge is -2.03. The third-order valence-corrected chi connectivity index (χ3v) is 2.25. The van der Waals surface area contributed by atoms with E-state index < -0.39 is 0 Å². The van der Waals surface area contributed by atoms with Crippen molar-refractivity contribution in [3.8, 4) is 0 Å². The molecule has 0 atom stereocenters. The van der Waals surface area contributed by atoms with E-state index in [-0.39, 0.29) is 11.9 Å². The molecule has 0 aromatic carbocycles. The molecule has 0 radical (unpaired) electrons. The monoisotopic (exact) mass is 242 g/mol. The van der Waals surface area contributed by atoms with Crippen LogP contribution in [0.2, 0.25) is 0 Å². The second-order valence-electron chi connectivity index (χ2n) is 3.83. The highest BCUT2D eigenvalue weighted by Crippen LogP contribution is 2.05. The van der Waals surface area contributed by atoms with E-state index in [1.54, 1.807) is 0 Å². The van der Waals surface area contributed by atoms with Crippen LogP contribution in [-0.4, -0.2) is 25.2 Å². The van der Waals surface area contributed by atoms with Gasteiger partial charge in [-0.2, -0.15) is 0 Å². The number of esters is 2. The lowest BCUT2D eigenvalue weighted by atomic mass is 10.1. The normalized spacial score (nSPS) is 9.71. The molecule has 0 saturated heterocycles. The molecule has 0 aliphatic rings. The molecule has 0 aliphatic heterocycles. The Morgan fingerprint density at radius 3 is 1.88 bits per heavy atom. The first-order valence-electron chi connectivity index (χ1n) is 6.09. The molecule has 98 valence electrons. The predicted octanol–water partition coefficient (Wildman–Crippen LogP) is 2.62. The van der Waals surface area contributed by atoms with Crippen LogP contribution >= 0.6 is 0 Å². The zero-order chi connectivity index (χ0) is 12.9. The summed E-state index contributed by atoms with van der Waals surface area (Å²) in [6.45, 7) is 5.73. The Hall–Kier alpha value is -1.32. The maximum Gasteiger partial charge on any atom is 0.330 e. The molecule has 0 fully saturated rings. The molecule has 4 heteroatoms. The largest absolute Gasteiger partial charge is 0.466 e. The Bertz CT molecular complexity index is 236. The van der Waals surface area contributed by atoms with Crippen LogP contribution in [0.5, 0.6) is 0 Å². The van der Waals surface area contributed by atoms with Gasteiger partial charge in [-0.15, -0.1) is 0 Å². The zero-order valence-electron chi connectivity index (χ0n) is 10.6. The van der Waals surface area contributed by atoms with Gasteiger partial charge in [0.1, 0.15) is 0 Å². The summed E-state index contributed by atoms with van der Waals surface area (Å²) in [4.78, 5) is 21.2. The lowest BCUT2D eigenvalue weighted by Crippen LogP contribution is -2.01. The molecule has 17 heavy (non-hydrogen) atoms. The first kappa shape index (κ1) is 15.7. The molecular weight excluding hydrogens is 220 g/mol. The Balaban J connectivity index is 3.06. The summed E-state index contributed by atoms with van der Waals surface area (Å²) in [5, 5.41) is 0. The Morgan fingerprint density at radius 2 is 1.41 bits per heavy atom. The van der Waals surface area contributed by atoms with Crippen molar-refractivity contribution in [2.24, 2.45) is 0 Å². The van der Waals surface area contributed by atoms with E-state index in [1.807, 2.05) is 0 Å². The molecule has 0 spiro atoms. The van der Waals surface area contributed by atoms with Crippen LogP contribution in [0.4, 0.5) is 0 Å². The third-order valence-electron chi connectivity index (χ3n) is 2.25. The number of carbonyl (C=O) groups excluding carboxylic acids is 2. The van der Waals surface area contributed by atoms with Gasteiger partial charge in [0.15, 0.2) is 0 Å². The van der Waals surface area contributed by atoms with Gasteiger partial charge < -0.3 is 9.47 Å². The first-order valence-corrected chi connectivity index (χ1v) is 6.09. The standard InChI is InChI=1S/C13H22O4/c1-3-13(15)17-11-9-7-5-4-6-8-10-16-12(2)14/h3H,1,4-11H2,2H3. The molecule has 0 rings (SSSR count). The van der Waals surface area contributed by atoms with Crippen LogP contribution in [0.1, 0.15) is 45.4 Å². The topological polar surface area (TPSA) is 52.6 Å². The second-order valence-corrected chi connectivity index (χ2v) is 3.83. The van der Waals surface area contributed by atoms with Crippen LogP contribution < -0.4 is 0 Å². The van der Waals surface area contributed by atoms with Crippen LogP contribution in [0.3, 0.4) is 0 Å². The number of ether oxygens (including phenoxy) is 2. The van der Waals surface area contributed by atoms with Gasteiger partial charge in [-0.25, -0.2) is 4.79 Å². The van der Waals surface area contributed by atoms with Crippen molar-refractivity contribution < 1.29 is 19.1 Å². The van der Waals surface area contributed by atoms with Crippen molar-refractivity contribution in [3.05, 3.63) is 12.7 Å². The lowest BCUT2D eigenvalue weighted by molar-refractivity contribution is -0.141. The van der Waals surface area contributed by atoms with Crippen molar-refractivity contribution in [3.63, 3.8) is 0 Å². The fourth-order valence-electron chi connectivity index (χ4n) is 1.36. The summed E-state index contributed by atoms with van der Waals surface area (Å²) in [5.74, 6) is -0.569. The molecule has 0 unspecified atom stereocenters.